The third-order valence-electron chi connectivity index (χ3n) is 1.15. The average Bonchev–Trinajstić information content (AvgIpc) is 1.81. The maximum Gasteiger partial charge on any atom is 1.00 e. The predicted molar refractivity (Wildman–Crippen MR) is 28.4 cm³/mol. The van der Waals surface area contributed by atoms with Crippen LogP contribution in [-0.4, -0.2) is 11.9 Å². The SMILES string of the molecule is CCCC(C(=O)[O-])C(=O)[O-].[K+].[Na+]. The second-order valence-corrected chi connectivity index (χ2v) is 1.98. The van der Waals surface area contributed by atoms with Gasteiger partial charge in [0.05, 0.1) is 11.9 Å². The minimum Gasteiger partial charge on any atom is -0.549 e. The standard InChI is InChI=1S/C6H10O4.K.Na/c1-2-3-4(5(7)8)6(9)10;;/h4H,2-3H2,1H3,(H,7,8)(H,9,10);;/q;2*+1/p-2. The minimum atomic E-state index is -1.57. The summed E-state index contributed by atoms with van der Waals surface area (Å²) >= 11 is 0. The molecule has 0 fully saturated rings. The molecular formula is C6H8KNaO4. The van der Waals surface area contributed by atoms with Crippen molar-refractivity contribution in [3.8, 4) is 0 Å². The average molecular weight is 206 g/mol. The van der Waals surface area contributed by atoms with Gasteiger partial charge >= 0.3 is 80.9 Å². The number of aliphatic carboxylic acids is 2. The maximum absolute atomic E-state index is 10.00. The van der Waals surface area contributed by atoms with Crippen molar-refractivity contribution in [3.05, 3.63) is 0 Å². The van der Waals surface area contributed by atoms with Gasteiger partial charge in [-0.05, 0) is 6.42 Å². The molecular weight excluding hydrogens is 198 g/mol. The number of carbonyl (C=O) groups is 2. The molecule has 0 aliphatic heterocycles. The normalized spacial score (nSPS) is 8.17. The molecule has 4 nitrogen and oxygen atoms in total. The van der Waals surface area contributed by atoms with Crippen molar-refractivity contribution in [2.75, 3.05) is 0 Å². The molecule has 0 spiro atoms. The van der Waals surface area contributed by atoms with Crippen LogP contribution >= 0.6 is 0 Å². The first-order valence-electron chi connectivity index (χ1n) is 3.01. The monoisotopic (exact) mass is 206 g/mol. The third kappa shape index (κ3) is 8.19. The van der Waals surface area contributed by atoms with E-state index in [1.54, 1.807) is 6.92 Å². The van der Waals surface area contributed by atoms with E-state index in [2.05, 4.69) is 0 Å². The molecule has 58 valence electrons. The van der Waals surface area contributed by atoms with Crippen LogP contribution in [0.3, 0.4) is 0 Å². The number of hydrogen-bond acceptors (Lipinski definition) is 4. The number of carboxylic acids is 2. The van der Waals surface area contributed by atoms with Crippen molar-refractivity contribution in [1.29, 1.82) is 0 Å². The van der Waals surface area contributed by atoms with Crippen LogP contribution in [0.15, 0.2) is 0 Å². The summed E-state index contributed by atoms with van der Waals surface area (Å²) in [5.74, 6) is -4.59. The van der Waals surface area contributed by atoms with Crippen LogP contribution in [0.1, 0.15) is 19.8 Å². The van der Waals surface area contributed by atoms with Crippen molar-refractivity contribution in [2.24, 2.45) is 5.92 Å². The molecule has 0 N–H and O–H groups in total. The van der Waals surface area contributed by atoms with E-state index in [9.17, 15) is 19.8 Å². The maximum atomic E-state index is 10.00. The van der Waals surface area contributed by atoms with Crippen LogP contribution in [0.25, 0.3) is 0 Å². The first kappa shape index (κ1) is 19.2. The van der Waals surface area contributed by atoms with E-state index in [0.29, 0.717) is 6.42 Å². The third-order valence-corrected chi connectivity index (χ3v) is 1.15. The topological polar surface area (TPSA) is 80.3 Å². The van der Waals surface area contributed by atoms with E-state index in [-0.39, 0.29) is 87.4 Å². The summed E-state index contributed by atoms with van der Waals surface area (Å²) < 4.78 is 0. The van der Waals surface area contributed by atoms with Gasteiger partial charge in [0.15, 0.2) is 0 Å². The van der Waals surface area contributed by atoms with Crippen molar-refractivity contribution in [3.63, 3.8) is 0 Å². The summed E-state index contributed by atoms with van der Waals surface area (Å²) in [5.41, 5.74) is 0. The summed E-state index contributed by atoms with van der Waals surface area (Å²) in [6.07, 6.45) is 0.567. The minimum absolute atomic E-state index is 0. The van der Waals surface area contributed by atoms with Gasteiger partial charge in [-0.2, -0.15) is 0 Å². The molecule has 0 unspecified atom stereocenters. The zero-order valence-corrected chi connectivity index (χ0v) is 12.7. The molecule has 0 aliphatic carbocycles. The van der Waals surface area contributed by atoms with Gasteiger partial charge in [-0.15, -0.1) is 0 Å². The zero-order chi connectivity index (χ0) is 8.15. The van der Waals surface area contributed by atoms with Crippen LogP contribution in [0, 0.1) is 5.92 Å². The molecule has 0 heterocycles. The quantitative estimate of drug-likeness (QED) is 0.338. The Bertz CT molecular complexity index is 136. The Labute approximate surface area is 136 Å². The van der Waals surface area contributed by atoms with Crippen molar-refractivity contribution in [1.82, 2.24) is 0 Å². The van der Waals surface area contributed by atoms with E-state index in [1.807, 2.05) is 0 Å². The van der Waals surface area contributed by atoms with E-state index in [4.69, 9.17) is 0 Å². The summed E-state index contributed by atoms with van der Waals surface area (Å²) in [6, 6.07) is 0. The molecule has 0 atom stereocenters. The predicted octanol–water partition coefficient (Wildman–Crippen LogP) is -8.09. The van der Waals surface area contributed by atoms with Gasteiger partial charge in [-0.25, -0.2) is 0 Å². The van der Waals surface area contributed by atoms with Gasteiger partial charge in [-0.3, -0.25) is 0 Å². The summed E-state index contributed by atoms with van der Waals surface area (Å²) in [7, 11) is 0. The Morgan fingerprint density at radius 2 is 1.58 bits per heavy atom. The second kappa shape index (κ2) is 10.7. The Morgan fingerprint density at radius 1 is 1.25 bits per heavy atom. The largest absolute Gasteiger partial charge is 1.00 e. The molecule has 0 aromatic carbocycles. The first-order chi connectivity index (χ1) is 4.59. The van der Waals surface area contributed by atoms with E-state index >= 15 is 0 Å². The Kier molecular flexibility index (Phi) is 17.0. The van der Waals surface area contributed by atoms with Crippen LogP contribution in [-0.2, 0) is 9.59 Å². The zero-order valence-electron chi connectivity index (χ0n) is 7.62. The Balaban J connectivity index is -0.000000405. The van der Waals surface area contributed by atoms with Gasteiger partial charge < -0.3 is 19.8 Å². The fraction of sp³-hybridized carbons (Fsp3) is 0.667. The molecule has 12 heavy (non-hydrogen) atoms. The number of rotatable bonds is 4. The smallest absolute Gasteiger partial charge is 0.549 e. The van der Waals surface area contributed by atoms with Gasteiger partial charge in [0.1, 0.15) is 0 Å². The molecule has 0 aromatic rings. The molecule has 0 radical (unpaired) electrons. The fourth-order valence-corrected chi connectivity index (χ4v) is 0.621. The number of carbonyl (C=O) groups excluding carboxylic acids is 2. The molecule has 0 aromatic heterocycles. The van der Waals surface area contributed by atoms with Gasteiger partial charge in [-0.1, -0.05) is 13.3 Å². The second-order valence-electron chi connectivity index (χ2n) is 1.98. The van der Waals surface area contributed by atoms with E-state index < -0.39 is 17.9 Å². The van der Waals surface area contributed by atoms with Crippen LogP contribution in [0.5, 0.6) is 0 Å². The Hall–Kier alpha value is 1.58. The van der Waals surface area contributed by atoms with Gasteiger partial charge in [0.25, 0.3) is 0 Å². The van der Waals surface area contributed by atoms with Crippen molar-refractivity contribution < 1.29 is 101 Å². The fourth-order valence-electron chi connectivity index (χ4n) is 0.621. The number of hydrogen-bond donors (Lipinski definition) is 0. The van der Waals surface area contributed by atoms with E-state index in [0.717, 1.165) is 0 Å². The molecule has 0 rings (SSSR count). The van der Waals surface area contributed by atoms with Gasteiger partial charge in [0, 0.05) is 5.92 Å². The molecule has 0 saturated heterocycles. The van der Waals surface area contributed by atoms with Gasteiger partial charge in [0.2, 0.25) is 0 Å². The number of carboxylic acid groups (broad SMARTS) is 2. The van der Waals surface area contributed by atoms with Crippen LogP contribution in [0.4, 0.5) is 0 Å². The molecule has 6 heteroatoms. The first-order valence-corrected chi connectivity index (χ1v) is 3.01. The van der Waals surface area contributed by atoms with Crippen molar-refractivity contribution in [2.45, 2.75) is 19.8 Å². The Morgan fingerprint density at radius 3 is 1.67 bits per heavy atom. The van der Waals surface area contributed by atoms with E-state index in [1.165, 1.54) is 0 Å². The molecule has 0 saturated carbocycles. The van der Waals surface area contributed by atoms with Crippen LogP contribution in [0.2, 0.25) is 0 Å². The summed E-state index contributed by atoms with van der Waals surface area (Å²) in [6.45, 7) is 1.69. The molecule has 0 aliphatic rings. The summed E-state index contributed by atoms with van der Waals surface area (Å²) in [4.78, 5) is 20.0. The molecule has 0 amide bonds. The summed E-state index contributed by atoms with van der Waals surface area (Å²) in [5, 5.41) is 20.0. The van der Waals surface area contributed by atoms with Crippen LogP contribution < -0.4 is 91.2 Å². The molecule has 0 bridgehead atoms. The van der Waals surface area contributed by atoms with Crippen molar-refractivity contribution >= 4 is 11.9 Å².